The molecule has 0 radical (unpaired) electrons. The molecule has 0 amide bonds. The first kappa shape index (κ1) is 18.6. The van der Waals surface area contributed by atoms with Crippen LogP contribution < -0.4 is 0 Å². The second-order valence-corrected chi connectivity index (χ2v) is 7.88. The summed E-state index contributed by atoms with van der Waals surface area (Å²) >= 11 is 0. The molecule has 0 N–H and O–H groups in total. The second-order valence-electron chi connectivity index (χ2n) is 7.88. The minimum Gasteiger partial charge on any atom is -0.465 e. The number of esters is 2. The van der Waals surface area contributed by atoms with E-state index in [0.717, 1.165) is 39.9 Å². The van der Waals surface area contributed by atoms with Gasteiger partial charge in [0.05, 0.1) is 29.6 Å². The molecule has 0 saturated carbocycles. The van der Waals surface area contributed by atoms with E-state index in [9.17, 15) is 9.59 Å². The topological polar surface area (TPSA) is 78.6 Å². The second kappa shape index (κ2) is 7.44. The zero-order valence-electron chi connectivity index (χ0n) is 16.6. The van der Waals surface area contributed by atoms with E-state index >= 15 is 0 Å². The summed E-state index contributed by atoms with van der Waals surface area (Å²) in [4.78, 5) is 30.0. The Kier molecular flexibility index (Phi) is 4.62. The first-order chi connectivity index (χ1) is 14.6. The highest BCUT2D eigenvalue weighted by Crippen LogP contribution is 2.39. The van der Waals surface area contributed by atoms with Crippen molar-refractivity contribution < 1.29 is 23.5 Å². The van der Waals surface area contributed by atoms with Crippen molar-refractivity contribution in [3.05, 3.63) is 65.2 Å². The van der Waals surface area contributed by atoms with Crippen LogP contribution in [0.4, 0.5) is 0 Å². The number of allylic oxidation sites excluding steroid dienone is 1. The van der Waals surface area contributed by atoms with Gasteiger partial charge >= 0.3 is 11.9 Å². The number of nitrogens with zero attached hydrogens (tertiary/aromatic N) is 1. The van der Waals surface area contributed by atoms with Gasteiger partial charge in [0.2, 0.25) is 6.10 Å². The number of carbonyl (C=O) groups excluding carboxylic acids is 2. The maximum absolute atomic E-state index is 13.3. The van der Waals surface area contributed by atoms with Crippen LogP contribution in [-0.2, 0) is 20.7 Å². The van der Waals surface area contributed by atoms with Crippen molar-refractivity contribution in [3.8, 4) is 0 Å². The Balaban J connectivity index is 1.67. The Hall–Kier alpha value is -3.41. The fourth-order valence-electron chi connectivity index (χ4n) is 4.29. The Morgan fingerprint density at radius 2 is 2.07 bits per heavy atom. The monoisotopic (exact) mass is 403 g/mol. The van der Waals surface area contributed by atoms with Crippen LogP contribution in [0.15, 0.2) is 47.1 Å². The molecule has 1 saturated heterocycles. The van der Waals surface area contributed by atoms with Crippen LogP contribution in [0.5, 0.6) is 0 Å². The Labute approximate surface area is 173 Å². The normalized spacial score (nSPS) is 22.2. The van der Waals surface area contributed by atoms with Gasteiger partial charge in [0.15, 0.2) is 0 Å². The molecule has 30 heavy (non-hydrogen) atoms. The van der Waals surface area contributed by atoms with E-state index in [2.05, 4.69) is 6.92 Å². The van der Waals surface area contributed by atoms with Crippen LogP contribution in [-0.4, -0.2) is 29.6 Å². The van der Waals surface area contributed by atoms with Crippen molar-refractivity contribution in [1.29, 1.82) is 0 Å². The van der Waals surface area contributed by atoms with E-state index < -0.39 is 18.0 Å². The summed E-state index contributed by atoms with van der Waals surface area (Å²) < 4.78 is 16.0. The predicted octanol–water partition coefficient (Wildman–Crippen LogP) is 4.42. The van der Waals surface area contributed by atoms with Gasteiger partial charge in [-0.05, 0) is 54.2 Å². The molecule has 0 bridgehead atoms. The number of cyclic esters (lactones) is 1. The summed E-state index contributed by atoms with van der Waals surface area (Å²) in [5.74, 6) is 0.0880. The van der Waals surface area contributed by atoms with E-state index in [1.54, 1.807) is 6.26 Å². The Bertz CT molecular complexity index is 1160. The minimum atomic E-state index is -0.848. The first-order valence-corrected chi connectivity index (χ1v) is 10.1. The lowest BCUT2D eigenvalue weighted by atomic mass is 9.81. The molecule has 0 unspecified atom stereocenters. The third kappa shape index (κ3) is 3.28. The van der Waals surface area contributed by atoms with Crippen LogP contribution in [0, 0.1) is 5.92 Å². The summed E-state index contributed by atoms with van der Waals surface area (Å²) in [6.45, 7) is 2.43. The minimum absolute atomic E-state index is 0.277. The number of ether oxygens (including phenoxy) is 2. The standard InChI is InChI=1S/C24H21NO5/c1-14-11-15(13-16-5-4-9-28-16)22-18(12-14)21(17-6-2-3-7-19(17)25-22)24(27)30-20-8-10-29-23(20)26/h2-7,9,13-14,20H,8,10-12H2,1H3/b15-13-/t14-,20-/m0/s1. The molecule has 1 aromatic carbocycles. The van der Waals surface area contributed by atoms with E-state index in [0.29, 0.717) is 24.3 Å². The van der Waals surface area contributed by atoms with Crippen LogP contribution in [0.3, 0.4) is 0 Å². The third-order valence-electron chi connectivity index (χ3n) is 5.62. The number of hydrogen-bond donors (Lipinski definition) is 0. The molecule has 6 heteroatoms. The molecule has 152 valence electrons. The first-order valence-electron chi connectivity index (χ1n) is 10.1. The number of aromatic nitrogens is 1. The van der Waals surface area contributed by atoms with Gasteiger partial charge in [0.25, 0.3) is 0 Å². The number of rotatable bonds is 3. The van der Waals surface area contributed by atoms with Crippen LogP contribution in [0.2, 0.25) is 0 Å². The fraction of sp³-hybridized carbons (Fsp3) is 0.292. The summed E-state index contributed by atoms with van der Waals surface area (Å²) in [5, 5.41) is 0.735. The van der Waals surface area contributed by atoms with Crippen molar-refractivity contribution in [2.75, 3.05) is 6.61 Å². The maximum Gasteiger partial charge on any atom is 0.347 e. The van der Waals surface area contributed by atoms with Crippen molar-refractivity contribution in [2.24, 2.45) is 5.92 Å². The van der Waals surface area contributed by atoms with Crippen molar-refractivity contribution >= 4 is 34.5 Å². The summed E-state index contributed by atoms with van der Waals surface area (Å²) in [7, 11) is 0. The van der Waals surface area contributed by atoms with Gasteiger partial charge in [0.1, 0.15) is 5.76 Å². The van der Waals surface area contributed by atoms with E-state index in [1.807, 2.05) is 42.5 Å². The number of fused-ring (bicyclic) bond motifs is 2. The number of pyridine rings is 1. The maximum atomic E-state index is 13.3. The van der Waals surface area contributed by atoms with E-state index in [1.165, 1.54) is 0 Å². The number of furan rings is 1. The van der Waals surface area contributed by atoms with Gasteiger partial charge in [-0.25, -0.2) is 14.6 Å². The summed E-state index contributed by atoms with van der Waals surface area (Å²) in [6.07, 6.45) is 4.70. The lowest BCUT2D eigenvalue weighted by Crippen LogP contribution is -2.25. The van der Waals surface area contributed by atoms with Gasteiger partial charge in [0, 0.05) is 11.8 Å². The predicted molar refractivity (Wildman–Crippen MR) is 111 cm³/mol. The molecule has 5 rings (SSSR count). The lowest BCUT2D eigenvalue weighted by molar-refractivity contribution is -0.145. The molecule has 0 spiro atoms. The highest BCUT2D eigenvalue weighted by atomic mass is 16.6. The Morgan fingerprint density at radius 3 is 2.83 bits per heavy atom. The fourth-order valence-corrected chi connectivity index (χ4v) is 4.29. The SMILES string of the molecule is C[C@H]1C/C(=C/c2ccco2)c2nc3ccccc3c(C(=O)O[C@H]3CCOC3=O)c2C1. The molecule has 1 aliphatic heterocycles. The zero-order valence-corrected chi connectivity index (χ0v) is 16.6. The number of carbonyl (C=O) groups is 2. The molecule has 3 aromatic rings. The molecule has 1 fully saturated rings. The largest absolute Gasteiger partial charge is 0.465 e. The number of hydrogen-bond acceptors (Lipinski definition) is 6. The average molecular weight is 403 g/mol. The summed E-state index contributed by atoms with van der Waals surface area (Å²) in [5.41, 5.74) is 3.90. The molecule has 1 aliphatic carbocycles. The number of para-hydroxylation sites is 1. The molecule has 2 aromatic heterocycles. The quantitative estimate of drug-likeness (QED) is 0.602. The lowest BCUT2D eigenvalue weighted by Gasteiger charge is -2.26. The van der Waals surface area contributed by atoms with Gasteiger partial charge < -0.3 is 13.9 Å². The van der Waals surface area contributed by atoms with Crippen LogP contribution in [0.25, 0.3) is 22.6 Å². The molecular weight excluding hydrogens is 382 g/mol. The molecular formula is C24H21NO5. The summed E-state index contributed by atoms with van der Waals surface area (Å²) in [6, 6.07) is 11.3. The number of benzene rings is 1. The molecule has 6 nitrogen and oxygen atoms in total. The molecule has 3 heterocycles. The zero-order chi connectivity index (χ0) is 20.7. The highest BCUT2D eigenvalue weighted by molar-refractivity contribution is 6.07. The van der Waals surface area contributed by atoms with E-state index in [4.69, 9.17) is 18.9 Å². The van der Waals surface area contributed by atoms with Gasteiger partial charge in [-0.2, -0.15) is 0 Å². The molecule has 2 atom stereocenters. The average Bonchev–Trinajstić information content (AvgIpc) is 3.38. The van der Waals surface area contributed by atoms with Crippen molar-refractivity contribution in [3.63, 3.8) is 0 Å². The smallest absolute Gasteiger partial charge is 0.347 e. The van der Waals surface area contributed by atoms with Crippen LogP contribution in [0.1, 0.15) is 47.1 Å². The van der Waals surface area contributed by atoms with Gasteiger partial charge in [-0.3, -0.25) is 0 Å². The third-order valence-corrected chi connectivity index (χ3v) is 5.62. The van der Waals surface area contributed by atoms with Gasteiger partial charge in [-0.1, -0.05) is 25.1 Å². The van der Waals surface area contributed by atoms with Gasteiger partial charge in [-0.15, -0.1) is 0 Å². The molecule has 2 aliphatic rings. The van der Waals surface area contributed by atoms with Crippen molar-refractivity contribution in [2.45, 2.75) is 32.3 Å². The highest BCUT2D eigenvalue weighted by Gasteiger charge is 2.34. The van der Waals surface area contributed by atoms with Crippen LogP contribution >= 0.6 is 0 Å². The van der Waals surface area contributed by atoms with Crippen molar-refractivity contribution in [1.82, 2.24) is 4.98 Å². The Morgan fingerprint density at radius 1 is 1.20 bits per heavy atom. The van der Waals surface area contributed by atoms with E-state index in [-0.39, 0.29) is 6.61 Å².